The molecule has 0 unspecified atom stereocenters. The molecule has 0 radical (unpaired) electrons. The van der Waals surface area contributed by atoms with E-state index in [-0.39, 0.29) is 11.3 Å². The second-order valence-corrected chi connectivity index (χ2v) is 6.84. The van der Waals surface area contributed by atoms with Crippen molar-refractivity contribution in [2.75, 3.05) is 5.43 Å². The van der Waals surface area contributed by atoms with Gasteiger partial charge in [0.05, 0.1) is 28.0 Å². The largest absolute Gasteiger partial charge is 0.478 e. The van der Waals surface area contributed by atoms with Gasteiger partial charge < -0.3 is 9.67 Å². The molecule has 2 N–H and O–H groups in total. The number of carboxylic acids is 1. The molecule has 0 saturated heterocycles. The van der Waals surface area contributed by atoms with Gasteiger partial charge in [-0.05, 0) is 44.2 Å². The number of alkyl halides is 3. The average Bonchev–Trinajstić information content (AvgIpc) is 3.00. The van der Waals surface area contributed by atoms with Crippen LogP contribution in [0, 0.1) is 24.0 Å². The van der Waals surface area contributed by atoms with E-state index in [1.54, 1.807) is 42.7 Å². The van der Waals surface area contributed by atoms with E-state index in [1.165, 1.54) is 12.3 Å². The van der Waals surface area contributed by atoms with Crippen LogP contribution >= 0.6 is 0 Å². The number of nitro groups is 1. The Morgan fingerprint density at radius 2 is 1.88 bits per heavy atom. The van der Waals surface area contributed by atoms with Gasteiger partial charge in [-0.1, -0.05) is 12.1 Å². The number of hydrazone groups is 1. The van der Waals surface area contributed by atoms with E-state index in [0.717, 1.165) is 17.8 Å². The zero-order chi connectivity index (χ0) is 23.6. The number of nitrogens with zero attached hydrogens (tertiary/aromatic N) is 3. The van der Waals surface area contributed by atoms with Crippen LogP contribution in [0.25, 0.3) is 5.69 Å². The van der Waals surface area contributed by atoms with Crippen molar-refractivity contribution in [1.82, 2.24) is 4.57 Å². The minimum atomic E-state index is -4.71. The maximum Gasteiger partial charge on any atom is 0.416 e. The van der Waals surface area contributed by atoms with Crippen LogP contribution in [0.5, 0.6) is 0 Å². The van der Waals surface area contributed by atoms with E-state index < -0.39 is 28.3 Å². The van der Waals surface area contributed by atoms with Crippen LogP contribution in [0.2, 0.25) is 0 Å². The van der Waals surface area contributed by atoms with Crippen molar-refractivity contribution in [2.24, 2.45) is 5.10 Å². The Labute approximate surface area is 179 Å². The Bertz CT molecular complexity index is 1230. The van der Waals surface area contributed by atoms with Crippen molar-refractivity contribution < 1.29 is 28.0 Å². The highest BCUT2D eigenvalue weighted by Crippen LogP contribution is 2.35. The van der Waals surface area contributed by atoms with Gasteiger partial charge in [0.2, 0.25) is 0 Å². The molecule has 0 atom stereocenters. The highest BCUT2D eigenvalue weighted by Gasteiger charge is 2.33. The smallest absolute Gasteiger partial charge is 0.416 e. The fourth-order valence-corrected chi connectivity index (χ4v) is 3.26. The Kier molecular flexibility index (Phi) is 6.01. The summed E-state index contributed by atoms with van der Waals surface area (Å²) in [5, 5.41) is 24.5. The highest BCUT2D eigenvalue weighted by molar-refractivity contribution is 5.92. The third-order valence-corrected chi connectivity index (χ3v) is 4.76. The molecule has 1 aromatic heterocycles. The number of hydrogen-bond donors (Lipinski definition) is 2. The molecule has 1 heterocycles. The van der Waals surface area contributed by atoms with Crippen LogP contribution in [0.3, 0.4) is 0 Å². The second-order valence-electron chi connectivity index (χ2n) is 6.84. The Morgan fingerprint density at radius 3 is 2.50 bits per heavy atom. The van der Waals surface area contributed by atoms with Crippen LogP contribution in [0.15, 0.2) is 53.6 Å². The number of carboxylic acid groups (broad SMARTS) is 1. The molecule has 3 aromatic rings. The molecular weight excluding hydrogens is 429 g/mol. The van der Waals surface area contributed by atoms with Crippen LogP contribution in [0.4, 0.5) is 24.5 Å². The predicted molar refractivity (Wildman–Crippen MR) is 112 cm³/mol. The number of benzene rings is 2. The van der Waals surface area contributed by atoms with Crippen molar-refractivity contribution >= 4 is 23.6 Å². The van der Waals surface area contributed by atoms with E-state index in [2.05, 4.69) is 10.5 Å². The quantitative estimate of drug-likeness (QED) is 0.309. The molecule has 0 aliphatic heterocycles. The average molecular weight is 446 g/mol. The lowest BCUT2D eigenvalue weighted by molar-refractivity contribution is -0.384. The topological polar surface area (TPSA) is 110 Å². The van der Waals surface area contributed by atoms with Crippen LogP contribution in [0.1, 0.15) is 32.9 Å². The minimum Gasteiger partial charge on any atom is -0.478 e. The molecule has 0 bridgehead atoms. The van der Waals surface area contributed by atoms with Gasteiger partial charge >= 0.3 is 12.1 Å². The van der Waals surface area contributed by atoms with Crippen LogP contribution < -0.4 is 5.43 Å². The van der Waals surface area contributed by atoms with Gasteiger partial charge in [0.1, 0.15) is 5.69 Å². The summed E-state index contributed by atoms with van der Waals surface area (Å²) in [4.78, 5) is 21.8. The number of aromatic carboxylic acids is 1. The molecule has 166 valence electrons. The van der Waals surface area contributed by atoms with Gasteiger partial charge in [-0.25, -0.2) is 4.79 Å². The van der Waals surface area contributed by atoms with Crippen molar-refractivity contribution in [2.45, 2.75) is 20.0 Å². The summed E-state index contributed by atoms with van der Waals surface area (Å²) in [6.07, 6.45) is -3.36. The first kappa shape index (κ1) is 22.5. The van der Waals surface area contributed by atoms with Crippen molar-refractivity contribution in [3.05, 3.63) is 86.7 Å². The van der Waals surface area contributed by atoms with Gasteiger partial charge in [-0.3, -0.25) is 15.5 Å². The Balaban J connectivity index is 1.92. The number of nitro benzene ring substituents is 1. The summed E-state index contributed by atoms with van der Waals surface area (Å²) in [6.45, 7) is 3.52. The summed E-state index contributed by atoms with van der Waals surface area (Å²) < 4.78 is 40.2. The maximum atomic E-state index is 12.8. The molecule has 11 heteroatoms. The number of halogens is 3. The van der Waals surface area contributed by atoms with E-state index in [4.69, 9.17) is 0 Å². The van der Waals surface area contributed by atoms with Gasteiger partial charge in [0.25, 0.3) is 5.69 Å². The zero-order valence-electron chi connectivity index (χ0n) is 16.8. The number of aryl methyl sites for hydroxylation is 1. The van der Waals surface area contributed by atoms with E-state index in [0.29, 0.717) is 23.0 Å². The molecule has 0 spiro atoms. The monoisotopic (exact) mass is 446 g/mol. The number of anilines is 1. The first-order valence-electron chi connectivity index (χ1n) is 9.17. The number of aromatic nitrogens is 1. The number of carbonyl (C=O) groups is 1. The summed E-state index contributed by atoms with van der Waals surface area (Å²) in [6, 6.07) is 10.3. The Hall–Kier alpha value is -4.15. The number of rotatable bonds is 6. The molecule has 2 aromatic carbocycles. The SMILES string of the molecule is Cc1cc(C=NNc2ccc(C(F)(F)F)cc2[N+](=O)[O-])c(C)n1-c1ccccc1C(=O)O. The molecule has 32 heavy (non-hydrogen) atoms. The Morgan fingerprint density at radius 1 is 1.19 bits per heavy atom. The summed E-state index contributed by atoms with van der Waals surface area (Å²) in [5.41, 5.74) is 2.83. The number of hydrogen-bond acceptors (Lipinski definition) is 5. The fourth-order valence-electron chi connectivity index (χ4n) is 3.26. The third kappa shape index (κ3) is 4.46. The number of para-hydroxylation sites is 1. The maximum absolute atomic E-state index is 12.8. The molecular formula is C21H17F3N4O4. The predicted octanol–water partition coefficient (Wildman–Crippen LogP) is 5.17. The molecule has 0 saturated carbocycles. The normalized spacial score (nSPS) is 11.7. The lowest BCUT2D eigenvalue weighted by Crippen LogP contribution is -2.08. The summed E-state index contributed by atoms with van der Waals surface area (Å²) >= 11 is 0. The molecule has 0 fully saturated rings. The molecule has 8 nitrogen and oxygen atoms in total. The molecule has 3 rings (SSSR count). The van der Waals surface area contributed by atoms with Crippen molar-refractivity contribution in [1.29, 1.82) is 0 Å². The van der Waals surface area contributed by atoms with E-state index in [9.17, 15) is 33.2 Å². The minimum absolute atomic E-state index is 0.108. The lowest BCUT2D eigenvalue weighted by atomic mass is 10.1. The van der Waals surface area contributed by atoms with Crippen LogP contribution in [-0.2, 0) is 6.18 Å². The van der Waals surface area contributed by atoms with Gasteiger partial charge in [-0.15, -0.1) is 0 Å². The third-order valence-electron chi connectivity index (χ3n) is 4.76. The summed E-state index contributed by atoms with van der Waals surface area (Å²) in [5.74, 6) is -1.08. The van der Waals surface area contributed by atoms with Crippen molar-refractivity contribution in [3.8, 4) is 5.69 Å². The fraction of sp³-hybridized carbons (Fsp3) is 0.143. The molecule has 0 aliphatic carbocycles. The van der Waals surface area contributed by atoms with E-state index in [1.807, 2.05) is 0 Å². The first-order chi connectivity index (χ1) is 15.0. The summed E-state index contributed by atoms with van der Waals surface area (Å²) in [7, 11) is 0. The molecule has 0 amide bonds. The highest BCUT2D eigenvalue weighted by atomic mass is 19.4. The number of nitrogens with one attached hydrogen (secondary N) is 1. The first-order valence-corrected chi connectivity index (χ1v) is 9.17. The van der Waals surface area contributed by atoms with Gasteiger partial charge in [-0.2, -0.15) is 18.3 Å². The lowest BCUT2D eigenvalue weighted by Gasteiger charge is -2.12. The van der Waals surface area contributed by atoms with E-state index >= 15 is 0 Å². The van der Waals surface area contributed by atoms with Crippen LogP contribution in [-0.4, -0.2) is 26.8 Å². The second kappa shape index (κ2) is 8.53. The van der Waals surface area contributed by atoms with Gasteiger partial charge in [0.15, 0.2) is 0 Å². The van der Waals surface area contributed by atoms with Crippen molar-refractivity contribution in [3.63, 3.8) is 0 Å². The zero-order valence-corrected chi connectivity index (χ0v) is 16.8. The van der Waals surface area contributed by atoms with Gasteiger partial charge in [0, 0.05) is 23.0 Å². The molecule has 0 aliphatic rings. The standard InChI is InChI=1S/C21H17F3N4O4/c1-12-9-14(13(2)27(12)18-6-4-3-5-16(18)20(29)30)11-25-26-17-8-7-15(21(22,23)24)10-19(17)28(31)32/h3-11,26H,1-2H3,(H,29,30).